The molecule has 0 spiro atoms. The molecular weight excluding hydrogens is 250 g/mol. The molecule has 108 valence electrons. The van der Waals surface area contributed by atoms with Gasteiger partial charge in [-0.05, 0) is 26.9 Å². The van der Waals surface area contributed by atoms with E-state index >= 15 is 0 Å². The molecule has 3 unspecified atom stereocenters. The van der Waals surface area contributed by atoms with Crippen molar-refractivity contribution >= 4 is 12.0 Å². The smallest absolute Gasteiger partial charge is 0.315 e. The van der Waals surface area contributed by atoms with Crippen LogP contribution in [0.3, 0.4) is 0 Å². The van der Waals surface area contributed by atoms with Crippen LogP contribution in [0.2, 0.25) is 0 Å². The molecule has 3 N–H and O–H groups in total. The zero-order chi connectivity index (χ0) is 14.0. The van der Waals surface area contributed by atoms with Crippen molar-refractivity contribution < 1.29 is 19.4 Å². The molecule has 2 heterocycles. The molecule has 2 saturated heterocycles. The number of aliphatic carboxylic acids is 1. The maximum absolute atomic E-state index is 11.9. The summed E-state index contributed by atoms with van der Waals surface area (Å²) in [6.07, 6.45) is 0.918. The minimum atomic E-state index is -1.05. The van der Waals surface area contributed by atoms with E-state index in [1.54, 1.807) is 6.92 Å². The molecule has 3 atom stereocenters. The maximum Gasteiger partial charge on any atom is 0.315 e. The Hall–Kier alpha value is -1.34. The van der Waals surface area contributed by atoms with E-state index in [1.807, 2.05) is 7.05 Å². The number of carbonyl (C=O) groups excluding carboxylic acids is 1. The summed E-state index contributed by atoms with van der Waals surface area (Å²) in [7, 11) is 2.01. The standard InChI is InChI=1S/C12H21N3O4/c1-12(10(16)17)7-19-6-9(12)14-11(18)13-8-3-4-15(2)5-8/h8-9H,3-7H2,1-2H3,(H,16,17)(H2,13,14,18). The van der Waals surface area contributed by atoms with E-state index in [-0.39, 0.29) is 25.3 Å². The number of hydrogen-bond acceptors (Lipinski definition) is 4. The van der Waals surface area contributed by atoms with Gasteiger partial charge in [-0.3, -0.25) is 4.79 Å². The van der Waals surface area contributed by atoms with E-state index in [1.165, 1.54) is 0 Å². The Bertz CT molecular complexity index is 376. The molecule has 7 nitrogen and oxygen atoms in total. The summed E-state index contributed by atoms with van der Waals surface area (Å²) in [5.74, 6) is -0.948. The Morgan fingerprint density at radius 3 is 2.74 bits per heavy atom. The van der Waals surface area contributed by atoms with Crippen molar-refractivity contribution in [3.05, 3.63) is 0 Å². The molecule has 0 saturated carbocycles. The first-order valence-electron chi connectivity index (χ1n) is 6.48. The summed E-state index contributed by atoms with van der Waals surface area (Å²) in [5.41, 5.74) is -1.05. The average Bonchev–Trinajstić information content (AvgIpc) is 2.87. The molecule has 0 aromatic carbocycles. The molecule has 2 rings (SSSR count). The van der Waals surface area contributed by atoms with Crippen LogP contribution in [0, 0.1) is 5.41 Å². The van der Waals surface area contributed by atoms with Gasteiger partial charge in [0.25, 0.3) is 0 Å². The van der Waals surface area contributed by atoms with E-state index in [2.05, 4.69) is 15.5 Å². The highest BCUT2D eigenvalue weighted by Crippen LogP contribution is 2.28. The molecular formula is C12H21N3O4. The molecule has 2 aliphatic heterocycles. The zero-order valence-corrected chi connectivity index (χ0v) is 11.3. The van der Waals surface area contributed by atoms with Gasteiger partial charge in [0.15, 0.2) is 0 Å². The van der Waals surface area contributed by atoms with E-state index in [4.69, 9.17) is 4.74 Å². The van der Waals surface area contributed by atoms with E-state index in [0.29, 0.717) is 0 Å². The highest BCUT2D eigenvalue weighted by atomic mass is 16.5. The van der Waals surface area contributed by atoms with Crippen LogP contribution in [0.1, 0.15) is 13.3 Å². The van der Waals surface area contributed by atoms with Crippen molar-refractivity contribution in [2.45, 2.75) is 25.4 Å². The Morgan fingerprint density at radius 2 is 2.16 bits per heavy atom. The molecule has 0 aliphatic carbocycles. The van der Waals surface area contributed by atoms with Crippen LogP contribution in [0.5, 0.6) is 0 Å². The number of ether oxygens (including phenoxy) is 1. The lowest BCUT2D eigenvalue weighted by molar-refractivity contribution is -0.148. The van der Waals surface area contributed by atoms with Gasteiger partial charge in [0, 0.05) is 12.6 Å². The molecule has 19 heavy (non-hydrogen) atoms. The second-order valence-electron chi connectivity index (χ2n) is 5.66. The number of carbonyl (C=O) groups is 2. The summed E-state index contributed by atoms with van der Waals surface area (Å²) in [4.78, 5) is 25.3. The zero-order valence-electron chi connectivity index (χ0n) is 11.3. The third-order valence-corrected chi connectivity index (χ3v) is 3.98. The summed E-state index contributed by atoms with van der Waals surface area (Å²) < 4.78 is 5.19. The number of carboxylic acid groups (broad SMARTS) is 1. The number of rotatable bonds is 3. The first-order chi connectivity index (χ1) is 8.91. The highest BCUT2D eigenvalue weighted by molar-refractivity contribution is 5.79. The number of urea groups is 1. The highest BCUT2D eigenvalue weighted by Gasteiger charge is 2.47. The minimum Gasteiger partial charge on any atom is -0.481 e. The second kappa shape index (κ2) is 5.34. The number of nitrogens with zero attached hydrogens (tertiary/aromatic N) is 1. The maximum atomic E-state index is 11.9. The van der Waals surface area contributed by atoms with Crippen molar-refractivity contribution in [1.29, 1.82) is 0 Å². The molecule has 0 radical (unpaired) electrons. The quantitative estimate of drug-likeness (QED) is 0.642. The molecule has 2 fully saturated rings. The topological polar surface area (TPSA) is 90.9 Å². The number of likely N-dealkylation sites (tertiary alicyclic amines) is 1. The van der Waals surface area contributed by atoms with Gasteiger partial charge in [0.05, 0.1) is 19.3 Å². The second-order valence-corrected chi connectivity index (χ2v) is 5.66. The van der Waals surface area contributed by atoms with Gasteiger partial charge in [0.2, 0.25) is 0 Å². The number of hydrogen-bond donors (Lipinski definition) is 3. The van der Waals surface area contributed by atoms with Gasteiger partial charge in [-0.2, -0.15) is 0 Å². The minimum absolute atomic E-state index is 0.124. The van der Waals surface area contributed by atoms with Gasteiger partial charge in [-0.1, -0.05) is 0 Å². The van der Waals surface area contributed by atoms with Gasteiger partial charge >= 0.3 is 12.0 Å². The van der Waals surface area contributed by atoms with Crippen LogP contribution < -0.4 is 10.6 Å². The summed E-state index contributed by atoms with van der Waals surface area (Å²) >= 11 is 0. The van der Waals surface area contributed by atoms with Crippen LogP contribution >= 0.6 is 0 Å². The Labute approximate surface area is 112 Å². The number of nitrogens with one attached hydrogen (secondary N) is 2. The summed E-state index contributed by atoms with van der Waals surface area (Å²) in [6.45, 7) is 3.74. The van der Waals surface area contributed by atoms with Crippen molar-refractivity contribution in [2.24, 2.45) is 5.41 Å². The van der Waals surface area contributed by atoms with E-state index in [0.717, 1.165) is 19.5 Å². The van der Waals surface area contributed by atoms with Crippen LogP contribution in [0.25, 0.3) is 0 Å². The van der Waals surface area contributed by atoms with Gasteiger partial charge in [0.1, 0.15) is 5.41 Å². The first kappa shape index (κ1) is 14.1. The molecule has 2 amide bonds. The fourth-order valence-corrected chi connectivity index (χ4v) is 2.52. The van der Waals surface area contributed by atoms with Crippen LogP contribution in [-0.2, 0) is 9.53 Å². The Kier molecular flexibility index (Phi) is 3.96. The van der Waals surface area contributed by atoms with Crippen molar-refractivity contribution in [3.63, 3.8) is 0 Å². The fraction of sp³-hybridized carbons (Fsp3) is 0.833. The third kappa shape index (κ3) is 2.98. The van der Waals surface area contributed by atoms with Gasteiger partial charge in [-0.15, -0.1) is 0 Å². The first-order valence-corrected chi connectivity index (χ1v) is 6.48. The average molecular weight is 271 g/mol. The van der Waals surface area contributed by atoms with E-state index in [9.17, 15) is 14.7 Å². The number of likely N-dealkylation sites (N-methyl/N-ethyl adjacent to an activating group) is 1. The predicted octanol–water partition coefficient (Wildman–Crippen LogP) is -0.521. The molecule has 0 aromatic heterocycles. The van der Waals surface area contributed by atoms with E-state index < -0.39 is 17.4 Å². The molecule has 0 bridgehead atoms. The largest absolute Gasteiger partial charge is 0.481 e. The molecule has 2 aliphatic rings. The fourth-order valence-electron chi connectivity index (χ4n) is 2.52. The van der Waals surface area contributed by atoms with Crippen molar-refractivity contribution in [3.8, 4) is 0 Å². The lowest BCUT2D eigenvalue weighted by atomic mass is 9.85. The Morgan fingerprint density at radius 1 is 1.42 bits per heavy atom. The van der Waals surface area contributed by atoms with Crippen LogP contribution in [0.15, 0.2) is 0 Å². The third-order valence-electron chi connectivity index (χ3n) is 3.98. The lowest BCUT2D eigenvalue weighted by Gasteiger charge is -2.26. The SMILES string of the molecule is CN1CCC(NC(=O)NC2COCC2(C)C(=O)O)C1. The van der Waals surface area contributed by atoms with Gasteiger partial charge in [-0.25, -0.2) is 4.79 Å². The predicted molar refractivity (Wildman–Crippen MR) is 67.9 cm³/mol. The van der Waals surface area contributed by atoms with Crippen molar-refractivity contribution in [1.82, 2.24) is 15.5 Å². The Balaban J connectivity index is 1.86. The van der Waals surface area contributed by atoms with Crippen LogP contribution in [-0.4, -0.2) is 67.4 Å². The summed E-state index contributed by atoms with van der Waals surface area (Å²) in [6, 6.07) is -0.684. The number of carboxylic acids is 1. The molecule has 7 heteroatoms. The van der Waals surface area contributed by atoms with Crippen molar-refractivity contribution in [2.75, 3.05) is 33.4 Å². The molecule has 0 aromatic rings. The monoisotopic (exact) mass is 271 g/mol. The van der Waals surface area contributed by atoms with Crippen LogP contribution in [0.4, 0.5) is 4.79 Å². The van der Waals surface area contributed by atoms with Gasteiger partial charge < -0.3 is 25.4 Å². The lowest BCUT2D eigenvalue weighted by Crippen LogP contribution is -2.54. The normalized spacial score (nSPS) is 35.3. The number of amides is 2. The summed E-state index contributed by atoms with van der Waals surface area (Å²) in [5, 5.41) is 14.8.